The maximum Gasteiger partial charge on any atom is 0.255 e. The normalized spacial score (nSPS) is 10.3. The van der Waals surface area contributed by atoms with Crippen LogP contribution >= 0.6 is 11.6 Å². The van der Waals surface area contributed by atoms with Crippen molar-refractivity contribution < 1.29 is 23.7 Å². The number of carbonyl (C=O) groups is 1. The van der Waals surface area contributed by atoms with Gasteiger partial charge < -0.3 is 24.3 Å². The minimum absolute atomic E-state index is 0.215. The number of benzene rings is 3. The van der Waals surface area contributed by atoms with Crippen LogP contribution in [0, 0.1) is 0 Å². The van der Waals surface area contributed by atoms with Gasteiger partial charge in [0, 0.05) is 22.2 Å². The highest BCUT2D eigenvalue weighted by molar-refractivity contribution is 6.30. The van der Waals surface area contributed by atoms with Gasteiger partial charge in [0.1, 0.15) is 29.6 Å². The number of nitrogens with one attached hydrogen (secondary N) is 1. The Morgan fingerprint density at radius 3 is 2.33 bits per heavy atom. The van der Waals surface area contributed by atoms with Crippen LogP contribution < -0.4 is 24.3 Å². The topological polar surface area (TPSA) is 66.0 Å². The second kappa shape index (κ2) is 9.89. The van der Waals surface area contributed by atoms with Gasteiger partial charge in [-0.3, -0.25) is 4.79 Å². The van der Waals surface area contributed by atoms with Crippen molar-refractivity contribution in [2.45, 2.75) is 6.61 Å². The Morgan fingerprint density at radius 1 is 0.867 bits per heavy atom. The number of ether oxygens (including phenoxy) is 4. The molecule has 0 bridgehead atoms. The van der Waals surface area contributed by atoms with Crippen molar-refractivity contribution in [1.29, 1.82) is 0 Å². The van der Waals surface area contributed by atoms with Gasteiger partial charge in [0.15, 0.2) is 0 Å². The Hall–Kier alpha value is -3.38. The molecule has 0 heterocycles. The lowest BCUT2D eigenvalue weighted by atomic mass is 10.1. The summed E-state index contributed by atoms with van der Waals surface area (Å²) >= 11 is 6.00. The van der Waals surface area contributed by atoms with E-state index in [1.807, 2.05) is 6.07 Å². The molecular weight excluding hydrogens is 406 g/mol. The molecule has 0 aliphatic heterocycles. The van der Waals surface area contributed by atoms with E-state index in [1.165, 1.54) is 7.11 Å². The van der Waals surface area contributed by atoms with E-state index in [0.29, 0.717) is 39.3 Å². The Morgan fingerprint density at radius 2 is 1.63 bits per heavy atom. The van der Waals surface area contributed by atoms with Crippen molar-refractivity contribution in [3.63, 3.8) is 0 Å². The zero-order chi connectivity index (χ0) is 21.5. The molecule has 30 heavy (non-hydrogen) atoms. The van der Waals surface area contributed by atoms with Gasteiger partial charge in [0.25, 0.3) is 5.91 Å². The second-order valence-corrected chi connectivity index (χ2v) is 6.73. The fourth-order valence-corrected chi connectivity index (χ4v) is 3.04. The van der Waals surface area contributed by atoms with Gasteiger partial charge in [0.2, 0.25) is 0 Å². The maximum atomic E-state index is 12.8. The largest absolute Gasteiger partial charge is 0.497 e. The Labute approximate surface area is 180 Å². The molecule has 0 saturated heterocycles. The van der Waals surface area contributed by atoms with Crippen LogP contribution in [0.1, 0.15) is 15.9 Å². The number of rotatable bonds is 8. The summed E-state index contributed by atoms with van der Waals surface area (Å²) in [6, 6.07) is 17.4. The van der Waals surface area contributed by atoms with Crippen LogP contribution in [0.4, 0.5) is 5.69 Å². The van der Waals surface area contributed by atoms with Gasteiger partial charge in [-0.2, -0.15) is 0 Å². The Balaban J connectivity index is 1.81. The van der Waals surface area contributed by atoms with E-state index in [0.717, 1.165) is 5.56 Å². The predicted octanol–water partition coefficient (Wildman–Crippen LogP) is 5.20. The zero-order valence-electron chi connectivity index (χ0n) is 16.9. The molecule has 0 unspecified atom stereocenters. The van der Waals surface area contributed by atoms with Gasteiger partial charge in [-0.25, -0.2) is 0 Å². The molecule has 6 nitrogen and oxygen atoms in total. The number of anilines is 1. The SMILES string of the molecule is COc1ccc(OC)c(NC(=O)c2ccc(OC)c(COc3cccc(Cl)c3)c2)c1. The average Bonchev–Trinajstić information content (AvgIpc) is 2.77. The maximum absolute atomic E-state index is 12.8. The molecule has 7 heteroatoms. The fourth-order valence-electron chi connectivity index (χ4n) is 2.86. The molecule has 0 saturated carbocycles. The monoisotopic (exact) mass is 427 g/mol. The summed E-state index contributed by atoms with van der Waals surface area (Å²) in [6.45, 7) is 0.215. The van der Waals surface area contributed by atoms with Crippen molar-refractivity contribution in [1.82, 2.24) is 0 Å². The lowest BCUT2D eigenvalue weighted by molar-refractivity contribution is 0.102. The molecule has 0 atom stereocenters. The molecule has 3 aromatic rings. The molecule has 3 aromatic carbocycles. The highest BCUT2D eigenvalue weighted by Gasteiger charge is 2.14. The number of hydrogen-bond acceptors (Lipinski definition) is 5. The quantitative estimate of drug-likeness (QED) is 0.535. The van der Waals surface area contributed by atoms with Crippen molar-refractivity contribution in [2.24, 2.45) is 0 Å². The van der Waals surface area contributed by atoms with Crippen LogP contribution in [0.5, 0.6) is 23.0 Å². The summed E-state index contributed by atoms with van der Waals surface area (Å²) in [5.74, 6) is 2.08. The van der Waals surface area contributed by atoms with Crippen LogP contribution in [0.25, 0.3) is 0 Å². The van der Waals surface area contributed by atoms with E-state index < -0.39 is 0 Å². The molecular formula is C23H22ClNO5. The number of amides is 1. The lowest BCUT2D eigenvalue weighted by Crippen LogP contribution is -2.13. The molecule has 156 valence electrons. The minimum Gasteiger partial charge on any atom is -0.497 e. The Bertz CT molecular complexity index is 1040. The summed E-state index contributed by atoms with van der Waals surface area (Å²) in [5, 5.41) is 3.44. The van der Waals surface area contributed by atoms with Gasteiger partial charge in [-0.05, 0) is 48.5 Å². The number of carbonyl (C=O) groups excluding carboxylic acids is 1. The summed E-state index contributed by atoms with van der Waals surface area (Å²) in [4.78, 5) is 12.8. The number of hydrogen-bond donors (Lipinski definition) is 1. The van der Waals surface area contributed by atoms with E-state index in [-0.39, 0.29) is 12.5 Å². The molecule has 3 rings (SSSR count). The highest BCUT2D eigenvalue weighted by Crippen LogP contribution is 2.30. The van der Waals surface area contributed by atoms with Crippen LogP contribution in [-0.4, -0.2) is 27.2 Å². The van der Waals surface area contributed by atoms with Crippen molar-refractivity contribution in [3.05, 3.63) is 76.8 Å². The standard InChI is InChI=1S/C23H22ClNO5/c1-27-18-8-10-22(29-3)20(13-18)25-23(26)15-7-9-21(28-2)16(11-15)14-30-19-6-4-5-17(24)12-19/h4-13H,14H2,1-3H3,(H,25,26). The molecule has 0 radical (unpaired) electrons. The van der Waals surface area contributed by atoms with E-state index in [2.05, 4.69) is 5.32 Å². The first-order valence-electron chi connectivity index (χ1n) is 9.12. The molecule has 1 amide bonds. The highest BCUT2D eigenvalue weighted by atomic mass is 35.5. The van der Waals surface area contributed by atoms with Gasteiger partial charge >= 0.3 is 0 Å². The number of halogens is 1. The third-order valence-corrected chi connectivity index (χ3v) is 4.62. The van der Waals surface area contributed by atoms with Crippen molar-refractivity contribution in [2.75, 3.05) is 26.6 Å². The van der Waals surface area contributed by atoms with Gasteiger partial charge in [0.05, 0.1) is 27.0 Å². The van der Waals surface area contributed by atoms with Gasteiger partial charge in [-0.15, -0.1) is 0 Å². The van der Waals surface area contributed by atoms with Crippen LogP contribution in [-0.2, 0) is 6.61 Å². The summed E-state index contributed by atoms with van der Waals surface area (Å²) in [5.41, 5.74) is 1.68. The van der Waals surface area contributed by atoms with Crippen molar-refractivity contribution in [3.8, 4) is 23.0 Å². The summed E-state index contributed by atoms with van der Waals surface area (Å²) < 4.78 is 21.7. The minimum atomic E-state index is -0.298. The van der Waals surface area contributed by atoms with E-state index in [9.17, 15) is 4.79 Å². The molecule has 0 fully saturated rings. The second-order valence-electron chi connectivity index (χ2n) is 6.29. The first-order valence-corrected chi connectivity index (χ1v) is 9.50. The summed E-state index contributed by atoms with van der Waals surface area (Å²) in [6.07, 6.45) is 0. The molecule has 0 spiro atoms. The first-order chi connectivity index (χ1) is 14.5. The molecule has 0 aromatic heterocycles. The molecule has 1 N–H and O–H groups in total. The van der Waals surface area contributed by atoms with E-state index in [4.69, 9.17) is 30.5 Å². The number of methoxy groups -OCH3 is 3. The zero-order valence-corrected chi connectivity index (χ0v) is 17.7. The van der Waals surface area contributed by atoms with Crippen LogP contribution in [0.15, 0.2) is 60.7 Å². The van der Waals surface area contributed by atoms with Crippen LogP contribution in [0.2, 0.25) is 5.02 Å². The average molecular weight is 428 g/mol. The lowest BCUT2D eigenvalue weighted by Gasteiger charge is -2.14. The van der Waals surface area contributed by atoms with E-state index >= 15 is 0 Å². The summed E-state index contributed by atoms with van der Waals surface area (Å²) in [7, 11) is 4.66. The third-order valence-electron chi connectivity index (χ3n) is 4.39. The smallest absolute Gasteiger partial charge is 0.255 e. The van der Waals surface area contributed by atoms with Gasteiger partial charge in [-0.1, -0.05) is 17.7 Å². The molecule has 0 aliphatic rings. The van der Waals surface area contributed by atoms with Crippen LogP contribution in [0.3, 0.4) is 0 Å². The Kier molecular flexibility index (Phi) is 7.03. The van der Waals surface area contributed by atoms with Crippen molar-refractivity contribution >= 4 is 23.2 Å². The third kappa shape index (κ3) is 5.15. The fraction of sp³-hybridized carbons (Fsp3) is 0.174. The first kappa shape index (κ1) is 21.3. The predicted molar refractivity (Wildman–Crippen MR) is 116 cm³/mol. The molecule has 0 aliphatic carbocycles. The van der Waals surface area contributed by atoms with E-state index in [1.54, 1.807) is 68.8 Å².